The summed E-state index contributed by atoms with van der Waals surface area (Å²) in [7, 11) is 1.73. The summed E-state index contributed by atoms with van der Waals surface area (Å²) in [6.45, 7) is 7.50. The van der Waals surface area contributed by atoms with Crippen LogP contribution in [0.25, 0.3) is 0 Å². The lowest BCUT2D eigenvalue weighted by Gasteiger charge is -2.47. The summed E-state index contributed by atoms with van der Waals surface area (Å²) in [5.41, 5.74) is 2.89. The SMILES string of the molecule is CC(C)(C)C1CCC2(CC1)N=C(c1ccc(Cl)cc1)C(=O)N2C(c1ccc(C=O)cc1)C1CC1.CNCCC(=O)O. The van der Waals surface area contributed by atoms with Crippen molar-refractivity contribution in [3.63, 3.8) is 0 Å². The van der Waals surface area contributed by atoms with Crippen molar-refractivity contribution in [1.29, 1.82) is 0 Å². The lowest BCUT2D eigenvalue weighted by molar-refractivity contribution is -0.137. The van der Waals surface area contributed by atoms with E-state index in [-0.39, 0.29) is 23.8 Å². The number of nitrogens with zero attached hydrogens (tertiary/aromatic N) is 2. The summed E-state index contributed by atoms with van der Waals surface area (Å²) < 4.78 is 0. The molecule has 3 aliphatic rings. The van der Waals surface area contributed by atoms with Crippen molar-refractivity contribution < 1.29 is 19.5 Å². The Balaban J connectivity index is 0.000000493. The van der Waals surface area contributed by atoms with E-state index in [4.69, 9.17) is 21.7 Å². The van der Waals surface area contributed by atoms with Crippen LogP contribution in [0.2, 0.25) is 5.02 Å². The van der Waals surface area contributed by atoms with Gasteiger partial charge in [0.05, 0.1) is 12.5 Å². The van der Waals surface area contributed by atoms with Crippen LogP contribution < -0.4 is 5.32 Å². The molecule has 0 aromatic heterocycles. The van der Waals surface area contributed by atoms with Gasteiger partial charge in [-0.3, -0.25) is 19.4 Å². The van der Waals surface area contributed by atoms with Crippen LogP contribution >= 0.6 is 11.6 Å². The Labute approximate surface area is 248 Å². The fraction of sp³-hybridized carbons (Fsp3) is 0.515. The third-order valence-corrected chi connectivity index (χ3v) is 8.92. The smallest absolute Gasteiger partial charge is 0.304 e. The Bertz CT molecular complexity index is 1250. The van der Waals surface area contributed by atoms with Crippen LogP contribution in [0.15, 0.2) is 53.5 Å². The number of hydrogen-bond donors (Lipinski definition) is 2. The molecule has 41 heavy (non-hydrogen) atoms. The third kappa shape index (κ3) is 7.25. The Morgan fingerprint density at radius 2 is 1.71 bits per heavy atom. The van der Waals surface area contributed by atoms with Crippen molar-refractivity contribution in [2.24, 2.45) is 22.2 Å². The quantitative estimate of drug-likeness (QED) is 0.346. The zero-order valence-electron chi connectivity index (χ0n) is 24.5. The molecule has 0 saturated heterocycles. The predicted octanol–water partition coefficient (Wildman–Crippen LogP) is 6.55. The molecule has 7 nitrogen and oxygen atoms in total. The largest absolute Gasteiger partial charge is 0.481 e. The first-order valence-corrected chi connectivity index (χ1v) is 15.0. The van der Waals surface area contributed by atoms with Crippen molar-refractivity contribution in [3.8, 4) is 0 Å². The Hall–Kier alpha value is -3.03. The zero-order valence-corrected chi connectivity index (χ0v) is 25.3. The minimum Gasteiger partial charge on any atom is -0.481 e. The van der Waals surface area contributed by atoms with E-state index >= 15 is 0 Å². The first kappa shape index (κ1) is 30.9. The maximum Gasteiger partial charge on any atom is 0.304 e. The number of aliphatic imine (C=N–C) groups is 1. The number of aliphatic carboxylic acids is 1. The number of carboxylic acids is 1. The Morgan fingerprint density at radius 1 is 1.10 bits per heavy atom. The van der Waals surface area contributed by atoms with Gasteiger partial charge in [-0.1, -0.05) is 68.8 Å². The normalized spacial score (nSPS) is 23.0. The number of amides is 1. The van der Waals surface area contributed by atoms with Crippen LogP contribution in [0, 0.1) is 17.3 Å². The second-order valence-electron chi connectivity index (χ2n) is 12.6. The lowest BCUT2D eigenvalue weighted by Crippen LogP contribution is -2.52. The number of nitrogens with one attached hydrogen (secondary N) is 1. The molecule has 2 aromatic rings. The number of benzene rings is 2. The molecule has 2 saturated carbocycles. The van der Waals surface area contributed by atoms with Gasteiger partial charge in [0, 0.05) is 22.7 Å². The van der Waals surface area contributed by atoms with E-state index in [0.717, 1.165) is 55.9 Å². The zero-order chi connectivity index (χ0) is 29.8. The number of halogens is 1. The van der Waals surface area contributed by atoms with Gasteiger partial charge in [0.1, 0.15) is 17.7 Å². The molecule has 1 unspecified atom stereocenters. The average molecular weight is 580 g/mol. The molecule has 0 radical (unpaired) electrons. The molecule has 5 rings (SSSR count). The van der Waals surface area contributed by atoms with Gasteiger partial charge in [-0.2, -0.15) is 0 Å². The second-order valence-corrected chi connectivity index (χ2v) is 13.0. The van der Waals surface area contributed by atoms with Crippen molar-refractivity contribution in [2.45, 2.75) is 77.4 Å². The first-order valence-electron chi connectivity index (χ1n) is 14.6. The fourth-order valence-electron chi connectivity index (χ4n) is 6.14. The second kappa shape index (κ2) is 12.9. The monoisotopic (exact) mass is 579 g/mol. The van der Waals surface area contributed by atoms with Gasteiger partial charge in [-0.05, 0) is 80.5 Å². The van der Waals surface area contributed by atoms with Gasteiger partial charge in [0.2, 0.25) is 0 Å². The van der Waals surface area contributed by atoms with Crippen LogP contribution in [0.1, 0.15) is 93.2 Å². The van der Waals surface area contributed by atoms with Gasteiger partial charge >= 0.3 is 5.97 Å². The summed E-state index contributed by atoms with van der Waals surface area (Å²) in [6.07, 6.45) is 7.19. The van der Waals surface area contributed by atoms with Crippen LogP contribution in [0.5, 0.6) is 0 Å². The van der Waals surface area contributed by atoms with E-state index < -0.39 is 11.6 Å². The van der Waals surface area contributed by atoms with Crippen LogP contribution in [-0.2, 0) is 9.59 Å². The van der Waals surface area contributed by atoms with Gasteiger partial charge in [-0.25, -0.2) is 0 Å². The highest BCUT2D eigenvalue weighted by atomic mass is 35.5. The molecule has 2 aromatic carbocycles. The van der Waals surface area contributed by atoms with Gasteiger partial charge in [-0.15, -0.1) is 0 Å². The molecule has 0 bridgehead atoms. The molecule has 2 aliphatic carbocycles. The molecule has 2 fully saturated rings. The van der Waals surface area contributed by atoms with E-state index in [0.29, 0.717) is 34.7 Å². The lowest BCUT2D eigenvalue weighted by atomic mass is 9.69. The molecule has 1 spiro atoms. The highest BCUT2D eigenvalue weighted by molar-refractivity contribution is 6.47. The minimum absolute atomic E-state index is 0.0204. The first-order chi connectivity index (χ1) is 19.5. The number of rotatable bonds is 8. The van der Waals surface area contributed by atoms with E-state index in [2.05, 4.69) is 31.0 Å². The van der Waals surface area contributed by atoms with Crippen molar-refractivity contribution >= 4 is 35.5 Å². The van der Waals surface area contributed by atoms with Gasteiger partial charge in [0.25, 0.3) is 5.91 Å². The number of carbonyl (C=O) groups is 3. The standard InChI is InChI=1S/C29H33ClN2O2.C4H9NO2/c1-28(2,3)23-14-16-29(17-15-23)31-25(20-10-12-24(30)13-11-20)27(34)32(29)26(22-8-9-22)21-6-4-19(18-33)5-7-21;1-5-3-2-4(6)7/h4-7,10-13,18,22-23,26H,8-9,14-17H2,1-3H3;5H,2-3H2,1H3,(H,6,7). The van der Waals surface area contributed by atoms with Gasteiger partial charge in [0.15, 0.2) is 0 Å². The molecule has 220 valence electrons. The van der Waals surface area contributed by atoms with E-state index in [1.165, 1.54) is 0 Å². The Kier molecular flexibility index (Phi) is 9.70. The summed E-state index contributed by atoms with van der Waals surface area (Å²) >= 11 is 6.13. The maximum absolute atomic E-state index is 14.1. The van der Waals surface area contributed by atoms with Crippen LogP contribution in [0.3, 0.4) is 0 Å². The van der Waals surface area contributed by atoms with Crippen molar-refractivity contribution in [2.75, 3.05) is 13.6 Å². The molecule has 1 heterocycles. The third-order valence-electron chi connectivity index (χ3n) is 8.67. The molecular formula is C33H42ClN3O4. The predicted molar refractivity (Wildman–Crippen MR) is 162 cm³/mol. The molecule has 1 atom stereocenters. The van der Waals surface area contributed by atoms with Crippen molar-refractivity contribution in [1.82, 2.24) is 10.2 Å². The highest BCUT2D eigenvalue weighted by Crippen LogP contribution is 2.54. The molecule has 2 N–H and O–H groups in total. The fourth-order valence-corrected chi connectivity index (χ4v) is 6.27. The van der Waals surface area contributed by atoms with E-state index in [1.54, 1.807) is 7.05 Å². The Morgan fingerprint density at radius 3 is 2.17 bits per heavy atom. The topological polar surface area (TPSA) is 99.1 Å². The van der Waals surface area contributed by atoms with E-state index in [1.807, 2.05) is 48.5 Å². The minimum atomic E-state index is -0.755. The summed E-state index contributed by atoms with van der Waals surface area (Å²) in [4.78, 5) is 42.4. The number of aldehydes is 1. The molecular weight excluding hydrogens is 538 g/mol. The summed E-state index contributed by atoms with van der Waals surface area (Å²) in [5, 5.41) is 11.4. The van der Waals surface area contributed by atoms with Gasteiger partial charge < -0.3 is 15.3 Å². The number of carboxylic acid groups (broad SMARTS) is 1. The summed E-state index contributed by atoms with van der Waals surface area (Å²) in [6, 6.07) is 15.2. The number of carbonyl (C=O) groups excluding carboxylic acids is 2. The van der Waals surface area contributed by atoms with Crippen molar-refractivity contribution in [3.05, 3.63) is 70.2 Å². The number of hydrogen-bond acceptors (Lipinski definition) is 5. The van der Waals surface area contributed by atoms with Crippen LogP contribution in [-0.4, -0.2) is 53.1 Å². The molecule has 1 aliphatic heterocycles. The maximum atomic E-state index is 14.1. The molecule has 8 heteroatoms. The average Bonchev–Trinajstić information content (AvgIpc) is 3.75. The molecule has 1 amide bonds. The van der Waals surface area contributed by atoms with E-state index in [9.17, 15) is 14.4 Å². The highest BCUT2D eigenvalue weighted by Gasteiger charge is 2.55. The summed E-state index contributed by atoms with van der Waals surface area (Å²) in [5.74, 6) is 0.321. The van der Waals surface area contributed by atoms with Crippen LogP contribution in [0.4, 0.5) is 0 Å².